The Morgan fingerprint density at radius 2 is 1.86 bits per heavy atom. The number of methoxy groups -OCH3 is 1. The third-order valence-corrected chi connectivity index (χ3v) is 8.32. The van der Waals surface area contributed by atoms with Gasteiger partial charge in [-0.05, 0) is 82.6 Å². The molecule has 182 valence electrons. The molecule has 35 heavy (non-hydrogen) atoms. The highest BCUT2D eigenvalue weighted by Crippen LogP contribution is 2.53. The lowest BCUT2D eigenvalue weighted by Gasteiger charge is -2.43. The van der Waals surface area contributed by atoms with E-state index in [4.69, 9.17) is 9.39 Å². The van der Waals surface area contributed by atoms with Gasteiger partial charge in [-0.1, -0.05) is 37.6 Å². The smallest absolute Gasteiger partial charge is 0.487 e. The minimum Gasteiger partial charge on any atom is -0.504 e. The Kier molecular flexibility index (Phi) is 6.44. The maximum Gasteiger partial charge on any atom is 0.487 e. The molecule has 0 aromatic heterocycles. The van der Waals surface area contributed by atoms with Crippen molar-refractivity contribution in [2.75, 3.05) is 12.0 Å². The number of imide groups is 1. The van der Waals surface area contributed by atoms with Crippen LogP contribution >= 0.6 is 22.6 Å². The number of hydrogen-bond donors (Lipinski definition) is 2. The zero-order valence-electron chi connectivity index (χ0n) is 19.8. The molecule has 2 aromatic carbocycles. The Morgan fingerprint density at radius 1 is 1.14 bits per heavy atom. The fourth-order valence-corrected chi connectivity index (χ4v) is 6.51. The summed E-state index contributed by atoms with van der Waals surface area (Å²) in [6, 6.07) is 12.5. The second kappa shape index (κ2) is 9.26. The average molecular weight is 587 g/mol. The summed E-state index contributed by atoms with van der Waals surface area (Å²) in [6.07, 6.45) is 0.357. The second-order valence-electron chi connectivity index (χ2n) is 9.69. The van der Waals surface area contributed by atoms with E-state index >= 15 is 0 Å². The van der Waals surface area contributed by atoms with Gasteiger partial charge in [-0.15, -0.1) is 0 Å². The molecule has 0 bridgehead atoms. The van der Waals surface area contributed by atoms with Crippen molar-refractivity contribution in [3.63, 3.8) is 0 Å². The van der Waals surface area contributed by atoms with Gasteiger partial charge in [0.05, 0.1) is 34.3 Å². The van der Waals surface area contributed by atoms with E-state index in [1.54, 1.807) is 24.3 Å². The van der Waals surface area contributed by atoms with Crippen LogP contribution in [0.5, 0.6) is 11.5 Å². The highest BCUT2D eigenvalue weighted by atomic mass is 127. The minimum absolute atomic E-state index is 0.0451. The number of halogens is 1. The molecule has 2 N–H and O–H groups in total. The van der Waals surface area contributed by atoms with Crippen LogP contribution < -0.4 is 9.64 Å². The van der Waals surface area contributed by atoms with Crippen molar-refractivity contribution in [2.45, 2.75) is 32.8 Å². The molecular formula is C26H27BINO6. The zero-order valence-corrected chi connectivity index (χ0v) is 21.9. The van der Waals surface area contributed by atoms with Gasteiger partial charge in [0.1, 0.15) is 0 Å². The van der Waals surface area contributed by atoms with E-state index in [0.29, 0.717) is 27.8 Å². The quantitative estimate of drug-likeness (QED) is 0.316. The largest absolute Gasteiger partial charge is 0.504 e. The highest BCUT2D eigenvalue weighted by Gasteiger charge is 2.58. The van der Waals surface area contributed by atoms with Crippen molar-refractivity contribution in [2.24, 2.45) is 23.7 Å². The summed E-state index contributed by atoms with van der Waals surface area (Å²) in [5.74, 6) is -1.28. The molecule has 4 atom stereocenters. The number of carbonyl (C=O) groups excluding carboxylic acids is 2. The summed E-state index contributed by atoms with van der Waals surface area (Å²) in [4.78, 5) is 28.6. The fraction of sp³-hybridized carbons (Fsp3) is 0.385. The van der Waals surface area contributed by atoms with Gasteiger partial charge < -0.3 is 19.5 Å². The Balaban J connectivity index is 1.57. The number of nitrogens with zero attached hydrogens (tertiary/aromatic N) is 1. The first-order valence-corrected chi connectivity index (χ1v) is 12.9. The molecule has 2 aliphatic heterocycles. The molecule has 2 heterocycles. The predicted molar refractivity (Wildman–Crippen MR) is 140 cm³/mol. The van der Waals surface area contributed by atoms with Gasteiger partial charge in [-0.3, -0.25) is 14.5 Å². The third kappa shape index (κ3) is 3.97. The predicted octanol–water partition coefficient (Wildman–Crippen LogP) is 4.26. The van der Waals surface area contributed by atoms with Crippen LogP contribution in [0.25, 0.3) is 0 Å². The first-order chi connectivity index (χ1) is 16.7. The second-order valence-corrected chi connectivity index (χ2v) is 10.9. The van der Waals surface area contributed by atoms with Gasteiger partial charge in [-0.2, -0.15) is 0 Å². The van der Waals surface area contributed by atoms with Crippen LogP contribution in [-0.4, -0.2) is 36.2 Å². The Bertz CT molecular complexity index is 1220. The van der Waals surface area contributed by atoms with Crippen LogP contribution in [0.2, 0.25) is 0 Å². The maximum atomic E-state index is 13.7. The number of rotatable bonds is 4. The standard InChI is InChI=1S/C26H27BINO6/c1-13(2)16-11-18-22(26(32)29(25(18)31)15-7-5-4-6-8-15)17-12-20(35-27(33)23(16)17)14-9-19(28)24(30)21(10-14)34-3/h4-10,13,17-18,20,22,30,33H,11-12H2,1-3H3/t17-,18-,20-,22+/m0/s1. The molecule has 7 nitrogen and oxygen atoms in total. The van der Waals surface area contributed by atoms with Crippen LogP contribution in [0.1, 0.15) is 38.4 Å². The summed E-state index contributed by atoms with van der Waals surface area (Å²) >= 11 is 2.03. The number of fused-ring (bicyclic) bond motifs is 3. The van der Waals surface area contributed by atoms with Crippen LogP contribution in [0.3, 0.4) is 0 Å². The van der Waals surface area contributed by atoms with Gasteiger partial charge in [0.2, 0.25) is 11.8 Å². The fourth-order valence-electron chi connectivity index (χ4n) is 5.88. The number of benzene rings is 2. The lowest BCUT2D eigenvalue weighted by Crippen LogP contribution is -2.45. The normalized spacial score (nSPS) is 26.3. The monoisotopic (exact) mass is 587 g/mol. The van der Waals surface area contributed by atoms with E-state index in [9.17, 15) is 19.7 Å². The number of phenols is 1. The van der Waals surface area contributed by atoms with E-state index in [-0.39, 0.29) is 29.4 Å². The molecule has 3 aliphatic rings. The van der Waals surface area contributed by atoms with Gasteiger partial charge in [0, 0.05) is 0 Å². The summed E-state index contributed by atoms with van der Waals surface area (Å²) in [7, 11) is 0.303. The lowest BCUT2D eigenvalue weighted by atomic mass is 9.54. The SMILES string of the molecule is COc1cc([C@@H]2C[C@@H]3C(=C(C(C)C)C[C@@H]4C(=O)N(c5ccccc5)C(=O)[C@@H]43)B(O)O2)cc(I)c1O. The number of anilines is 1. The zero-order chi connectivity index (χ0) is 25.0. The molecule has 2 amide bonds. The topological polar surface area (TPSA) is 96.3 Å². The molecule has 0 saturated carbocycles. The number of carbonyl (C=O) groups is 2. The Hall–Kier alpha value is -2.37. The van der Waals surface area contributed by atoms with Crippen LogP contribution in [-0.2, 0) is 14.2 Å². The van der Waals surface area contributed by atoms with Crippen molar-refractivity contribution in [3.05, 3.63) is 62.6 Å². The van der Waals surface area contributed by atoms with E-state index in [2.05, 4.69) is 0 Å². The summed E-state index contributed by atoms with van der Waals surface area (Å²) in [5.41, 5.74) is 3.06. The molecule has 9 heteroatoms. The number of allylic oxidation sites excluding steroid dienone is 2. The number of para-hydroxylation sites is 1. The number of amides is 2. The Morgan fingerprint density at radius 3 is 2.51 bits per heavy atom. The maximum absolute atomic E-state index is 13.7. The lowest BCUT2D eigenvalue weighted by molar-refractivity contribution is -0.123. The minimum atomic E-state index is -1.18. The van der Waals surface area contributed by atoms with Crippen molar-refractivity contribution >= 4 is 47.2 Å². The molecule has 2 saturated heterocycles. The summed E-state index contributed by atoms with van der Waals surface area (Å²) < 4.78 is 12.0. The molecule has 1 aliphatic carbocycles. The van der Waals surface area contributed by atoms with E-state index in [1.807, 2.05) is 54.6 Å². The summed E-state index contributed by atoms with van der Waals surface area (Å²) in [5, 5.41) is 21.5. The number of aromatic hydroxyl groups is 1. The summed E-state index contributed by atoms with van der Waals surface area (Å²) in [6.45, 7) is 4.09. The number of phenolic OH excluding ortho intramolecular Hbond substituents is 1. The molecule has 5 rings (SSSR count). The van der Waals surface area contributed by atoms with Gasteiger partial charge in [0.25, 0.3) is 0 Å². The Labute approximate surface area is 218 Å². The first kappa shape index (κ1) is 24.3. The molecule has 0 spiro atoms. The van der Waals surface area contributed by atoms with Gasteiger partial charge >= 0.3 is 7.12 Å². The van der Waals surface area contributed by atoms with Crippen molar-refractivity contribution < 1.29 is 29.1 Å². The molecular weight excluding hydrogens is 560 g/mol. The first-order valence-electron chi connectivity index (χ1n) is 11.8. The van der Waals surface area contributed by atoms with Gasteiger partial charge in [0.15, 0.2) is 11.5 Å². The van der Waals surface area contributed by atoms with Crippen molar-refractivity contribution in [3.8, 4) is 11.5 Å². The number of ether oxygens (including phenoxy) is 1. The van der Waals surface area contributed by atoms with E-state index in [1.165, 1.54) is 12.0 Å². The molecule has 2 aromatic rings. The van der Waals surface area contributed by atoms with Crippen LogP contribution in [0, 0.1) is 27.2 Å². The molecule has 2 fully saturated rings. The van der Waals surface area contributed by atoms with Crippen molar-refractivity contribution in [1.82, 2.24) is 0 Å². The third-order valence-electron chi connectivity index (χ3n) is 7.50. The van der Waals surface area contributed by atoms with Crippen molar-refractivity contribution in [1.29, 1.82) is 0 Å². The van der Waals surface area contributed by atoms with Crippen LogP contribution in [0.4, 0.5) is 5.69 Å². The van der Waals surface area contributed by atoms with Crippen LogP contribution in [0.15, 0.2) is 53.5 Å². The number of hydrogen-bond acceptors (Lipinski definition) is 6. The average Bonchev–Trinajstić information content (AvgIpc) is 3.10. The van der Waals surface area contributed by atoms with Gasteiger partial charge in [-0.25, -0.2) is 0 Å². The van der Waals surface area contributed by atoms with E-state index < -0.39 is 25.1 Å². The molecule has 0 unspecified atom stereocenters. The molecule has 0 radical (unpaired) electrons. The van der Waals surface area contributed by atoms with E-state index in [0.717, 1.165) is 16.6 Å². The highest BCUT2D eigenvalue weighted by molar-refractivity contribution is 14.1.